The summed E-state index contributed by atoms with van der Waals surface area (Å²) in [6.45, 7) is 0.878. The minimum atomic E-state index is -3.26. The summed E-state index contributed by atoms with van der Waals surface area (Å²) in [6, 6.07) is 5.56. The monoisotopic (exact) mass is 322 g/mol. The van der Waals surface area contributed by atoms with Crippen LogP contribution in [0.3, 0.4) is 0 Å². The molecule has 0 unspecified atom stereocenters. The second kappa shape index (κ2) is 5.69. The lowest BCUT2D eigenvalue weighted by atomic mass is 10.1. The maximum absolute atomic E-state index is 12.6. The molecule has 0 saturated carbocycles. The molecule has 1 amide bonds. The van der Waals surface area contributed by atoms with E-state index in [2.05, 4.69) is 9.82 Å². The molecule has 3 rings (SSSR count). The van der Waals surface area contributed by atoms with Gasteiger partial charge < -0.3 is 4.90 Å². The number of piperidine rings is 1. The lowest BCUT2D eigenvalue weighted by Gasteiger charge is -2.31. The summed E-state index contributed by atoms with van der Waals surface area (Å²) < 4.78 is 27.6. The SMILES string of the molecule is CNS(=O)(=O)C1CCN(C(=O)c2cnn3ccccc23)CC1. The molecular weight excluding hydrogens is 304 g/mol. The zero-order valence-electron chi connectivity index (χ0n) is 12.3. The van der Waals surface area contributed by atoms with Gasteiger partial charge in [0.15, 0.2) is 0 Å². The van der Waals surface area contributed by atoms with Gasteiger partial charge in [0.1, 0.15) is 0 Å². The van der Waals surface area contributed by atoms with Crippen molar-refractivity contribution in [3.05, 3.63) is 36.2 Å². The zero-order valence-corrected chi connectivity index (χ0v) is 13.1. The first-order valence-electron chi connectivity index (χ1n) is 7.17. The number of likely N-dealkylation sites (tertiary alicyclic amines) is 1. The van der Waals surface area contributed by atoms with Crippen molar-refractivity contribution in [2.75, 3.05) is 20.1 Å². The predicted octanol–water partition coefficient (Wildman–Crippen LogP) is 0.488. The second-order valence-electron chi connectivity index (χ2n) is 5.33. The third-order valence-corrected chi connectivity index (χ3v) is 6.03. The molecule has 7 nitrogen and oxygen atoms in total. The minimum Gasteiger partial charge on any atom is -0.338 e. The van der Waals surface area contributed by atoms with Crippen LogP contribution in [0, 0.1) is 0 Å². The third-order valence-electron chi connectivity index (χ3n) is 4.11. The fraction of sp³-hybridized carbons (Fsp3) is 0.429. The van der Waals surface area contributed by atoms with Gasteiger partial charge in [-0.3, -0.25) is 4.79 Å². The quantitative estimate of drug-likeness (QED) is 0.891. The van der Waals surface area contributed by atoms with Crippen LogP contribution in [0.4, 0.5) is 0 Å². The van der Waals surface area contributed by atoms with Crippen LogP contribution in [-0.4, -0.2) is 54.2 Å². The van der Waals surface area contributed by atoms with E-state index in [-0.39, 0.29) is 5.91 Å². The number of carbonyl (C=O) groups is 1. The molecule has 2 aromatic rings. The lowest BCUT2D eigenvalue weighted by molar-refractivity contribution is 0.0727. The van der Waals surface area contributed by atoms with E-state index >= 15 is 0 Å². The molecule has 0 aliphatic carbocycles. The minimum absolute atomic E-state index is 0.0958. The molecule has 8 heteroatoms. The van der Waals surface area contributed by atoms with Gasteiger partial charge in [0.05, 0.1) is 22.5 Å². The number of amides is 1. The van der Waals surface area contributed by atoms with Crippen LogP contribution in [0.5, 0.6) is 0 Å². The molecule has 0 bridgehead atoms. The molecule has 1 aliphatic heterocycles. The highest BCUT2D eigenvalue weighted by atomic mass is 32.2. The van der Waals surface area contributed by atoms with E-state index in [1.54, 1.807) is 21.8 Å². The number of hydrogen-bond acceptors (Lipinski definition) is 4. The number of nitrogens with zero attached hydrogens (tertiary/aromatic N) is 3. The first kappa shape index (κ1) is 15.0. The summed E-state index contributed by atoms with van der Waals surface area (Å²) in [4.78, 5) is 14.3. The van der Waals surface area contributed by atoms with Crippen LogP contribution >= 0.6 is 0 Å². The molecule has 1 fully saturated rings. The van der Waals surface area contributed by atoms with Crippen molar-refractivity contribution in [3.8, 4) is 0 Å². The molecule has 3 heterocycles. The Morgan fingerprint density at radius 1 is 1.32 bits per heavy atom. The largest absolute Gasteiger partial charge is 0.338 e. The average molecular weight is 322 g/mol. The van der Waals surface area contributed by atoms with Gasteiger partial charge in [-0.25, -0.2) is 17.7 Å². The third kappa shape index (κ3) is 2.59. The molecule has 1 N–H and O–H groups in total. The van der Waals surface area contributed by atoms with Crippen LogP contribution in [-0.2, 0) is 10.0 Å². The van der Waals surface area contributed by atoms with E-state index in [4.69, 9.17) is 0 Å². The second-order valence-corrected chi connectivity index (χ2v) is 7.49. The van der Waals surface area contributed by atoms with Gasteiger partial charge >= 0.3 is 0 Å². The number of carbonyl (C=O) groups excluding carboxylic acids is 1. The summed E-state index contributed by atoms with van der Waals surface area (Å²) in [6.07, 6.45) is 4.26. The van der Waals surface area contributed by atoms with Crippen LogP contribution in [0.25, 0.3) is 5.52 Å². The van der Waals surface area contributed by atoms with Gasteiger partial charge in [-0.1, -0.05) is 6.07 Å². The fourth-order valence-corrected chi connectivity index (χ4v) is 3.97. The normalized spacial score (nSPS) is 17.0. The number of aromatic nitrogens is 2. The lowest BCUT2D eigenvalue weighted by Crippen LogP contribution is -2.44. The van der Waals surface area contributed by atoms with Gasteiger partial charge in [-0.05, 0) is 32.0 Å². The Morgan fingerprint density at radius 2 is 2.05 bits per heavy atom. The smallest absolute Gasteiger partial charge is 0.257 e. The van der Waals surface area contributed by atoms with Gasteiger partial charge in [-0.2, -0.15) is 5.10 Å². The van der Waals surface area contributed by atoms with E-state index in [9.17, 15) is 13.2 Å². The molecule has 1 saturated heterocycles. The predicted molar refractivity (Wildman–Crippen MR) is 82.1 cm³/mol. The first-order chi connectivity index (χ1) is 10.5. The van der Waals surface area contributed by atoms with Gasteiger partial charge in [-0.15, -0.1) is 0 Å². The van der Waals surface area contributed by atoms with E-state index in [0.29, 0.717) is 31.5 Å². The van der Waals surface area contributed by atoms with Gasteiger partial charge in [0.2, 0.25) is 10.0 Å². The van der Waals surface area contributed by atoms with E-state index in [1.165, 1.54) is 7.05 Å². The van der Waals surface area contributed by atoms with Crippen molar-refractivity contribution in [2.45, 2.75) is 18.1 Å². The zero-order chi connectivity index (χ0) is 15.7. The van der Waals surface area contributed by atoms with Gasteiger partial charge in [0.25, 0.3) is 5.91 Å². The topological polar surface area (TPSA) is 83.8 Å². The highest BCUT2D eigenvalue weighted by Gasteiger charge is 2.31. The standard InChI is InChI=1S/C14H18N4O3S/c1-15-22(20,21)11-5-8-17(9-6-11)14(19)12-10-16-18-7-3-2-4-13(12)18/h2-4,7,10-11,15H,5-6,8-9H2,1H3. The highest BCUT2D eigenvalue weighted by Crippen LogP contribution is 2.20. The molecule has 1 aliphatic rings. The molecular formula is C14H18N4O3S. The Kier molecular flexibility index (Phi) is 3.88. The molecule has 0 radical (unpaired) electrons. The van der Waals surface area contributed by atoms with Crippen molar-refractivity contribution < 1.29 is 13.2 Å². The van der Waals surface area contributed by atoms with E-state index < -0.39 is 15.3 Å². The van der Waals surface area contributed by atoms with Crippen LogP contribution < -0.4 is 4.72 Å². The molecule has 0 spiro atoms. The first-order valence-corrected chi connectivity index (χ1v) is 8.71. The Morgan fingerprint density at radius 3 is 2.73 bits per heavy atom. The Bertz CT molecular complexity index is 791. The van der Waals surface area contributed by atoms with Crippen molar-refractivity contribution in [3.63, 3.8) is 0 Å². The van der Waals surface area contributed by atoms with Crippen LogP contribution in [0.15, 0.2) is 30.6 Å². The summed E-state index contributed by atoms with van der Waals surface area (Å²) in [5.74, 6) is -0.0958. The number of pyridine rings is 1. The van der Waals surface area contributed by atoms with Crippen LogP contribution in [0.2, 0.25) is 0 Å². The van der Waals surface area contributed by atoms with Crippen LogP contribution in [0.1, 0.15) is 23.2 Å². The summed E-state index contributed by atoms with van der Waals surface area (Å²) in [5, 5.41) is 3.74. The van der Waals surface area contributed by atoms with Crippen molar-refractivity contribution in [1.29, 1.82) is 0 Å². The maximum Gasteiger partial charge on any atom is 0.257 e. The number of nitrogens with one attached hydrogen (secondary N) is 1. The number of fused-ring (bicyclic) bond motifs is 1. The van der Waals surface area contributed by atoms with Crippen molar-refractivity contribution in [2.24, 2.45) is 0 Å². The average Bonchev–Trinajstić information content (AvgIpc) is 2.98. The Balaban J connectivity index is 1.75. The summed E-state index contributed by atoms with van der Waals surface area (Å²) in [5.41, 5.74) is 1.31. The summed E-state index contributed by atoms with van der Waals surface area (Å²) >= 11 is 0. The number of sulfonamides is 1. The maximum atomic E-state index is 12.6. The van der Waals surface area contributed by atoms with E-state index in [0.717, 1.165) is 5.52 Å². The molecule has 0 aromatic carbocycles. The van der Waals surface area contributed by atoms with Crippen molar-refractivity contribution in [1.82, 2.24) is 19.2 Å². The highest BCUT2D eigenvalue weighted by molar-refractivity contribution is 7.90. The number of hydrogen-bond donors (Lipinski definition) is 1. The fourth-order valence-electron chi connectivity index (χ4n) is 2.81. The number of rotatable bonds is 3. The van der Waals surface area contributed by atoms with Gasteiger partial charge in [0, 0.05) is 19.3 Å². The summed E-state index contributed by atoms with van der Waals surface area (Å²) in [7, 11) is -1.84. The molecule has 22 heavy (non-hydrogen) atoms. The Hall–Kier alpha value is -1.93. The Labute approximate surface area is 129 Å². The molecule has 118 valence electrons. The molecule has 0 atom stereocenters. The molecule has 2 aromatic heterocycles. The van der Waals surface area contributed by atoms with Crippen molar-refractivity contribution >= 4 is 21.4 Å². The van der Waals surface area contributed by atoms with E-state index in [1.807, 2.05) is 18.2 Å².